The average Bonchev–Trinajstić information content (AvgIpc) is 2.73. The summed E-state index contributed by atoms with van der Waals surface area (Å²) in [6.45, 7) is 11.7. The first-order valence-electron chi connectivity index (χ1n) is 10.0. The molecule has 7 heteroatoms. The molecular weight excluding hydrogens is 423 g/mol. The van der Waals surface area contributed by atoms with Crippen LogP contribution in [0, 0.1) is 20.8 Å². The molecule has 0 bridgehead atoms. The van der Waals surface area contributed by atoms with Gasteiger partial charge in [0.2, 0.25) is 0 Å². The van der Waals surface area contributed by atoms with Gasteiger partial charge in [0.1, 0.15) is 17.2 Å². The van der Waals surface area contributed by atoms with Crippen molar-refractivity contribution in [1.29, 1.82) is 0 Å². The monoisotopic (exact) mass is 456 g/mol. The van der Waals surface area contributed by atoms with E-state index in [4.69, 9.17) is 9.47 Å². The van der Waals surface area contributed by atoms with Crippen molar-refractivity contribution < 1.29 is 14.6 Å². The Morgan fingerprint density at radius 2 is 1.60 bits per heavy atom. The van der Waals surface area contributed by atoms with E-state index in [2.05, 4.69) is 21.9 Å². The molecule has 168 valence electrons. The third-order valence-corrected chi connectivity index (χ3v) is 5.68. The molecule has 0 aliphatic carbocycles. The van der Waals surface area contributed by atoms with Crippen molar-refractivity contribution in [2.45, 2.75) is 27.2 Å². The summed E-state index contributed by atoms with van der Waals surface area (Å²) < 4.78 is 11.5. The number of aryl methyl sites for hydroxylation is 1. The fourth-order valence-corrected chi connectivity index (χ4v) is 3.76. The van der Waals surface area contributed by atoms with E-state index in [1.165, 1.54) is 5.69 Å². The third-order valence-electron chi connectivity index (χ3n) is 5.68. The molecule has 0 unspecified atom stereocenters. The highest BCUT2D eigenvalue weighted by Crippen LogP contribution is 2.32. The molecule has 1 fully saturated rings. The zero-order valence-electron chi connectivity index (χ0n) is 18.3. The van der Waals surface area contributed by atoms with Gasteiger partial charge in [-0.3, -0.25) is 4.90 Å². The lowest BCUT2D eigenvalue weighted by atomic mass is 10.0. The number of ether oxygens (including phenoxy) is 2. The Bertz CT molecular complexity index is 809. The number of hydrogen-bond acceptors (Lipinski definition) is 5. The number of phenolic OH excluding ortho intramolecular Hbond substituents is 1. The summed E-state index contributed by atoms with van der Waals surface area (Å²) in [4.78, 5) is 4.90. The third kappa shape index (κ3) is 6.10. The van der Waals surface area contributed by atoms with Crippen LogP contribution >= 0.6 is 24.8 Å². The summed E-state index contributed by atoms with van der Waals surface area (Å²) in [6, 6.07) is 10.2. The van der Waals surface area contributed by atoms with Crippen LogP contribution in [-0.4, -0.2) is 56.4 Å². The first-order chi connectivity index (χ1) is 13.5. The zero-order valence-corrected chi connectivity index (χ0v) is 19.9. The van der Waals surface area contributed by atoms with E-state index in [0.29, 0.717) is 12.4 Å². The maximum atomic E-state index is 10.0. The molecule has 0 atom stereocenters. The first kappa shape index (κ1) is 26.2. The lowest BCUT2D eigenvalue weighted by molar-refractivity contribution is 0.223. The second kappa shape index (κ2) is 12.1. The maximum absolute atomic E-state index is 10.0. The Morgan fingerprint density at radius 1 is 0.933 bits per heavy atom. The number of piperazine rings is 1. The summed E-state index contributed by atoms with van der Waals surface area (Å²) in [7, 11) is 1.73. The van der Waals surface area contributed by atoms with Crippen molar-refractivity contribution in [2.24, 2.45) is 0 Å². The molecule has 1 aliphatic rings. The van der Waals surface area contributed by atoms with Gasteiger partial charge in [0, 0.05) is 32.7 Å². The number of nitrogens with zero attached hydrogens (tertiary/aromatic N) is 2. The van der Waals surface area contributed by atoms with Crippen molar-refractivity contribution in [3.8, 4) is 17.2 Å². The predicted octanol–water partition coefficient (Wildman–Crippen LogP) is 4.76. The molecule has 0 aromatic heterocycles. The standard InChI is InChI=1S/C23H32N2O3.2ClH/c1-17-16-22(18(2)19(3)23(17)26)28-15-7-10-24-11-13-25(14-12-24)20-8-5-6-9-21(20)27-4;;/h5-6,8-9,16,26H,7,10-15H2,1-4H3;2*1H. The summed E-state index contributed by atoms with van der Waals surface area (Å²) in [6.07, 6.45) is 0.993. The normalized spacial score (nSPS) is 13.9. The molecule has 2 aromatic rings. The highest BCUT2D eigenvalue weighted by Gasteiger charge is 2.19. The highest BCUT2D eigenvalue weighted by molar-refractivity contribution is 5.85. The Morgan fingerprint density at radius 3 is 2.27 bits per heavy atom. The van der Waals surface area contributed by atoms with Gasteiger partial charge in [-0.15, -0.1) is 24.8 Å². The van der Waals surface area contributed by atoms with E-state index in [1.54, 1.807) is 7.11 Å². The smallest absolute Gasteiger partial charge is 0.142 e. The molecule has 0 radical (unpaired) electrons. The number of rotatable bonds is 7. The summed E-state index contributed by atoms with van der Waals surface area (Å²) >= 11 is 0. The fourth-order valence-electron chi connectivity index (χ4n) is 3.76. The quantitative estimate of drug-likeness (QED) is 0.608. The molecule has 0 spiro atoms. The maximum Gasteiger partial charge on any atom is 0.142 e. The van der Waals surface area contributed by atoms with Gasteiger partial charge in [0.25, 0.3) is 0 Å². The van der Waals surface area contributed by atoms with Gasteiger partial charge in [-0.2, -0.15) is 0 Å². The Kier molecular flexibility index (Phi) is 10.6. The SMILES string of the molecule is COc1ccccc1N1CCN(CCCOc2cc(C)c(O)c(C)c2C)CC1.Cl.Cl. The zero-order chi connectivity index (χ0) is 20.1. The van der Waals surface area contributed by atoms with Crippen LogP contribution < -0.4 is 14.4 Å². The minimum Gasteiger partial charge on any atom is -0.507 e. The van der Waals surface area contributed by atoms with Crippen LogP contribution in [0.5, 0.6) is 17.2 Å². The molecular formula is C23H34Cl2N2O3. The van der Waals surface area contributed by atoms with Crippen LogP contribution in [0.15, 0.2) is 30.3 Å². The number of hydrogen-bond donors (Lipinski definition) is 1. The number of para-hydroxylation sites is 2. The molecule has 1 heterocycles. The number of benzene rings is 2. The molecule has 0 amide bonds. The average molecular weight is 457 g/mol. The Balaban J connectivity index is 0.00000225. The van der Waals surface area contributed by atoms with Gasteiger partial charge in [-0.05, 0) is 62.1 Å². The van der Waals surface area contributed by atoms with Gasteiger partial charge in [0.05, 0.1) is 19.4 Å². The largest absolute Gasteiger partial charge is 0.507 e. The van der Waals surface area contributed by atoms with Crippen molar-refractivity contribution in [3.63, 3.8) is 0 Å². The van der Waals surface area contributed by atoms with Gasteiger partial charge in [-0.25, -0.2) is 0 Å². The number of halogens is 2. The van der Waals surface area contributed by atoms with Crippen molar-refractivity contribution in [1.82, 2.24) is 4.90 Å². The van der Waals surface area contributed by atoms with Crippen molar-refractivity contribution in [3.05, 3.63) is 47.0 Å². The van der Waals surface area contributed by atoms with E-state index in [9.17, 15) is 5.11 Å². The summed E-state index contributed by atoms with van der Waals surface area (Å²) in [5, 5.41) is 10.0. The summed E-state index contributed by atoms with van der Waals surface area (Å²) in [5.41, 5.74) is 3.98. The predicted molar refractivity (Wildman–Crippen MR) is 129 cm³/mol. The fraction of sp³-hybridized carbons (Fsp3) is 0.478. The molecule has 0 saturated carbocycles. The molecule has 1 N–H and O–H groups in total. The summed E-state index contributed by atoms with van der Waals surface area (Å²) in [5.74, 6) is 2.20. The van der Waals surface area contributed by atoms with Crippen LogP contribution in [0.1, 0.15) is 23.1 Å². The molecule has 3 rings (SSSR count). The van der Waals surface area contributed by atoms with E-state index in [1.807, 2.05) is 39.0 Å². The van der Waals surface area contributed by atoms with Gasteiger partial charge >= 0.3 is 0 Å². The second-order valence-electron chi connectivity index (χ2n) is 7.49. The molecule has 1 saturated heterocycles. The van der Waals surface area contributed by atoms with Gasteiger partial charge < -0.3 is 19.5 Å². The lowest BCUT2D eigenvalue weighted by Gasteiger charge is -2.36. The molecule has 2 aromatic carbocycles. The van der Waals surface area contributed by atoms with Crippen molar-refractivity contribution >= 4 is 30.5 Å². The second-order valence-corrected chi connectivity index (χ2v) is 7.49. The molecule has 30 heavy (non-hydrogen) atoms. The molecule has 1 aliphatic heterocycles. The highest BCUT2D eigenvalue weighted by atomic mass is 35.5. The van der Waals surface area contributed by atoms with E-state index >= 15 is 0 Å². The topological polar surface area (TPSA) is 45.2 Å². The number of phenols is 1. The molecule has 5 nitrogen and oxygen atoms in total. The lowest BCUT2D eigenvalue weighted by Crippen LogP contribution is -2.46. The van der Waals surface area contributed by atoms with E-state index in [-0.39, 0.29) is 24.8 Å². The number of methoxy groups -OCH3 is 1. The van der Waals surface area contributed by atoms with Crippen LogP contribution in [0.25, 0.3) is 0 Å². The van der Waals surface area contributed by atoms with Crippen molar-refractivity contribution in [2.75, 3.05) is 51.3 Å². The first-order valence-corrected chi connectivity index (χ1v) is 10.0. The van der Waals surface area contributed by atoms with Gasteiger partial charge in [-0.1, -0.05) is 12.1 Å². The number of aromatic hydroxyl groups is 1. The van der Waals surface area contributed by atoms with E-state index < -0.39 is 0 Å². The Hall–Kier alpha value is -1.82. The van der Waals surface area contributed by atoms with Crippen LogP contribution in [0.2, 0.25) is 0 Å². The minimum atomic E-state index is 0. The van der Waals surface area contributed by atoms with Gasteiger partial charge in [0.15, 0.2) is 0 Å². The van der Waals surface area contributed by atoms with Crippen LogP contribution in [0.4, 0.5) is 5.69 Å². The minimum absolute atomic E-state index is 0. The Labute approximate surface area is 192 Å². The van der Waals surface area contributed by atoms with Crippen LogP contribution in [0.3, 0.4) is 0 Å². The number of anilines is 1. The van der Waals surface area contributed by atoms with Crippen LogP contribution in [-0.2, 0) is 0 Å². The van der Waals surface area contributed by atoms with E-state index in [0.717, 1.165) is 67.3 Å².